The number of carbonyl (C=O) groups is 1. The van der Waals surface area contributed by atoms with E-state index in [1.165, 1.54) is 6.07 Å². The number of aromatic nitrogens is 1. The minimum Gasteiger partial charge on any atom is -0.478 e. The van der Waals surface area contributed by atoms with E-state index in [4.69, 9.17) is 5.11 Å². The number of hydrogen-bond donors (Lipinski definition) is 2. The highest BCUT2D eigenvalue weighted by atomic mass is 16.4. The largest absolute Gasteiger partial charge is 0.478 e. The number of nitrogens with zero attached hydrogens (tertiary/aromatic N) is 2. The molecule has 0 saturated carbocycles. The zero-order valence-electron chi connectivity index (χ0n) is 10.8. The van der Waals surface area contributed by atoms with Gasteiger partial charge in [0.2, 0.25) is 0 Å². The zero-order valence-corrected chi connectivity index (χ0v) is 10.8. The third kappa shape index (κ3) is 3.01. The third-order valence-corrected chi connectivity index (χ3v) is 2.66. The van der Waals surface area contributed by atoms with Crippen LogP contribution in [0.5, 0.6) is 0 Å². The quantitative estimate of drug-likeness (QED) is 0.881. The van der Waals surface area contributed by atoms with Crippen LogP contribution in [0.15, 0.2) is 42.6 Å². The van der Waals surface area contributed by atoms with Gasteiger partial charge in [0.05, 0.1) is 0 Å². The first-order valence-corrected chi connectivity index (χ1v) is 5.80. The molecule has 0 unspecified atom stereocenters. The van der Waals surface area contributed by atoms with E-state index in [0.29, 0.717) is 5.82 Å². The van der Waals surface area contributed by atoms with Crippen molar-refractivity contribution in [3.8, 4) is 0 Å². The Bertz CT molecular complexity index is 597. The average molecular weight is 257 g/mol. The Morgan fingerprint density at radius 1 is 1.26 bits per heavy atom. The number of nitrogens with one attached hydrogen (secondary N) is 1. The monoisotopic (exact) mass is 257 g/mol. The summed E-state index contributed by atoms with van der Waals surface area (Å²) in [4.78, 5) is 17.1. The highest BCUT2D eigenvalue weighted by Gasteiger charge is 2.10. The average Bonchev–Trinajstić information content (AvgIpc) is 2.39. The second-order valence-electron chi connectivity index (χ2n) is 4.27. The molecule has 0 fully saturated rings. The summed E-state index contributed by atoms with van der Waals surface area (Å²) in [6, 6.07) is 10.8. The highest BCUT2D eigenvalue weighted by molar-refractivity contribution is 5.93. The van der Waals surface area contributed by atoms with Crippen LogP contribution in [0.1, 0.15) is 10.4 Å². The van der Waals surface area contributed by atoms with Crippen LogP contribution in [0.2, 0.25) is 0 Å². The molecule has 1 aromatic carbocycles. The Labute approximate surface area is 111 Å². The number of benzene rings is 1. The smallest absolute Gasteiger partial charge is 0.339 e. The van der Waals surface area contributed by atoms with Crippen molar-refractivity contribution in [1.82, 2.24) is 4.98 Å². The molecule has 2 rings (SSSR count). The molecule has 2 aromatic rings. The molecule has 0 radical (unpaired) electrons. The molecule has 5 nitrogen and oxygen atoms in total. The molecule has 0 spiro atoms. The molecule has 0 aliphatic heterocycles. The minimum atomic E-state index is -1.00. The summed E-state index contributed by atoms with van der Waals surface area (Å²) in [5.41, 5.74) is 1.97. The van der Waals surface area contributed by atoms with E-state index in [2.05, 4.69) is 10.3 Å². The molecule has 0 amide bonds. The van der Waals surface area contributed by atoms with Crippen molar-refractivity contribution in [3.05, 3.63) is 48.2 Å². The van der Waals surface area contributed by atoms with E-state index in [9.17, 15) is 4.79 Å². The van der Waals surface area contributed by atoms with Crippen molar-refractivity contribution in [1.29, 1.82) is 0 Å². The first-order valence-electron chi connectivity index (χ1n) is 5.80. The van der Waals surface area contributed by atoms with Crippen molar-refractivity contribution in [2.75, 3.05) is 24.3 Å². The van der Waals surface area contributed by atoms with Crippen LogP contribution in [0.4, 0.5) is 17.2 Å². The van der Waals surface area contributed by atoms with Gasteiger partial charge in [-0.05, 0) is 30.3 Å². The van der Waals surface area contributed by atoms with Crippen molar-refractivity contribution >= 4 is 23.2 Å². The van der Waals surface area contributed by atoms with Crippen molar-refractivity contribution in [3.63, 3.8) is 0 Å². The number of hydrogen-bond acceptors (Lipinski definition) is 4. The van der Waals surface area contributed by atoms with Crippen molar-refractivity contribution < 1.29 is 9.90 Å². The lowest BCUT2D eigenvalue weighted by Gasteiger charge is -2.14. The van der Waals surface area contributed by atoms with E-state index in [-0.39, 0.29) is 5.56 Å². The van der Waals surface area contributed by atoms with Crippen molar-refractivity contribution in [2.24, 2.45) is 0 Å². The Hall–Kier alpha value is -2.56. The highest BCUT2D eigenvalue weighted by Crippen LogP contribution is 2.22. The Morgan fingerprint density at radius 3 is 2.74 bits per heavy atom. The fourth-order valence-corrected chi connectivity index (χ4v) is 1.68. The second kappa shape index (κ2) is 5.39. The van der Waals surface area contributed by atoms with Gasteiger partial charge in [-0.15, -0.1) is 0 Å². The number of anilines is 3. The van der Waals surface area contributed by atoms with Crippen LogP contribution in [0, 0.1) is 0 Å². The molecular weight excluding hydrogens is 242 g/mol. The van der Waals surface area contributed by atoms with Crippen LogP contribution >= 0.6 is 0 Å². The molecule has 0 atom stereocenters. The molecule has 5 heteroatoms. The van der Waals surface area contributed by atoms with Gasteiger partial charge in [0.1, 0.15) is 11.4 Å². The molecule has 19 heavy (non-hydrogen) atoms. The molecule has 0 bridgehead atoms. The molecule has 2 N–H and O–H groups in total. The number of carboxylic acid groups (broad SMARTS) is 1. The molecular formula is C14H15N3O2. The summed E-state index contributed by atoms with van der Waals surface area (Å²) >= 11 is 0. The summed E-state index contributed by atoms with van der Waals surface area (Å²) in [6.07, 6.45) is 1.56. The zero-order chi connectivity index (χ0) is 13.8. The number of pyridine rings is 1. The summed E-state index contributed by atoms with van der Waals surface area (Å²) in [5, 5.41) is 12.1. The van der Waals surface area contributed by atoms with Gasteiger partial charge in [-0.1, -0.05) is 6.07 Å². The number of aromatic carboxylic acids is 1. The lowest BCUT2D eigenvalue weighted by Crippen LogP contribution is -2.09. The Kier molecular flexibility index (Phi) is 3.66. The number of carboxylic acids is 1. The maximum absolute atomic E-state index is 11.1. The summed E-state index contributed by atoms with van der Waals surface area (Å²) < 4.78 is 0. The van der Waals surface area contributed by atoms with Gasteiger partial charge in [0.25, 0.3) is 0 Å². The van der Waals surface area contributed by atoms with Gasteiger partial charge in [0.15, 0.2) is 0 Å². The van der Waals surface area contributed by atoms with Crippen LogP contribution in [-0.4, -0.2) is 30.2 Å². The maximum Gasteiger partial charge on any atom is 0.339 e. The topological polar surface area (TPSA) is 65.5 Å². The first-order chi connectivity index (χ1) is 9.08. The Balaban J connectivity index is 2.31. The van der Waals surface area contributed by atoms with Crippen molar-refractivity contribution in [2.45, 2.75) is 0 Å². The summed E-state index contributed by atoms with van der Waals surface area (Å²) in [7, 11) is 3.89. The summed E-state index contributed by atoms with van der Waals surface area (Å²) in [5.74, 6) is -0.662. The predicted molar refractivity (Wildman–Crippen MR) is 75.2 cm³/mol. The van der Waals surface area contributed by atoms with E-state index < -0.39 is 5.97 Å². The van der Waals surface area contributed by atoms with E-state index in [1.807, 2.05) is 43.3 Å². The molecule has 98 valence electrons. The SMILES string of the molecule is CN(C)c1cccc(Nc2ncccc2C(=O)O)c1. The van der Waals surface area contributed by atoms with Gasteiger partial charge in [-0.3, -0.25) is 0 Å². The second-order valence-corrected chi connectivity index (χ2v) is 4.27. The predicted octanol–water partition coefficient (Wildman–Crippen LogP) is 2.59. The van der Waals surface area contributed by atoms with Crippen LogP contribution in [0.3, 0.4) is 0 Å². The van der Waals surface area contributed by atoms with Crippen LogP contribution in [0.25, 0.3) is 0 Å². The maximum atomic E-state index is 11.1. The standard InChI is InChI=1S/C14H15N3O2/c1-17(2)11-6-3-5-10(9-11)16-13-12(14(18)19)7-4-8-15-13/h3-9H,1-2H3,(H,15,16)(H,18,19). The van der Waals surface area contributed by atoms with Gasteiger partial charge < -0.3 is 15.3 Å². The fourth-order valence-electron chi connectivity index (χ4n) is 1.68. The molecule has 0 aliphatic rings. The molecule has 0 aliphatic carbocycles. The van der Waals surface area contributed by atoms with Gasteiger partial charge in [0, 0.05) is 31.7 Å². The Morgan fingerprint density at radius 2 is 2.05 bits per heavy atom. The molecule has 0 saturated heterocycles. The van der Waals surface area contributed by atoms with E-state index in [1.54, 1.807) is 12.3 Å². The molecule has 1 heterocycles. The van der Waals surface area contributed by atoms with Gasteiger partial charge in [-0.25, -0.2) is 9.78 Å². The number of rotatable bonds is 4. The van der Waals surface area contributed by atoms with Crippen LogP contribution < -0.4 is 10.2 Å². The first kappa shape index (κ1) is 12.9. The molecule has 1 aromatic heterocycles. The third-order valence-electron chi connectivity index (χ3n) is 2.66. The lowest BCUT2D eigenvalue weighted by atomic mass is 10.2. The van der Waals surface area contributed by atoms with E-state index >= 15 is 0 Å². The fraction of sp³-hybridized carbons (Fsp3) is 0.143. The van der Waals surface area contributed by atoms with Crippen LogP contribution in [-0.2, 0) is 0 Å². The minimum absolute atomic E-state index is 0.151. The van der Waals surface area contributed by atoms with Gasteiger partial charge in [-0.2, -0.15) is 0 Å². The van der Waals surface area contributed by atoms with Gasteiger partial charge >= 0.3 is 5.97 Å². The normalized spacial score (nSPS) is 10.0. The van der Waals surface area contributed by atoms with E-state index in [0.717, 1.165) is 11.4 Å². The lowest BCUT2D eigenvalue weighted by molar-refractivity contribution is 0.0697. The summed E-state index contributed by atoms with van der Waals surface area (Å²) in [6.45, 7) is 0.